The minimum absolute atomic E-state index is 1.19. The lowest BCUT2D eigenvalue weighted by Gasteiger charge is -2.40. The first kappa shape index (κ1) is 6.17. The van der Waals surface area contributed by atoms with Gasteiger partial charge in [0.25, 0.3) is 0 Å². The highest BCUT2D eigenvalue weighted by Gasteiger charge is 2.33. The van der Waals surface area contributed by atoms with Crippen LogP contribution in [0.3, 0.4) is 0 Å². The second-order valence-corrected chi connectivity index (χ2v) is 3.46. The zero-order valence-electron chi connectivity index (χ0n) is 6.51. The molecule has 1 atom stereocenters. The Kier molecular flexibility index (Phi) is 1.21. The van der Waals surface area contributed by atoms with E-state index in [9.17, 15) is 0 Å². The summed E-state index contributed by atoms with van der Waals surface area (Å²) in [5.41, 5.74) is 1.62. The van der Waals surface area contributed by atoms with Crippen LogP contribution in [0.4, 0.5) is 0 Å². The fourth-order valence-electron chi connectivity index (χ4n) is 1.75. The molecule has 0 N–H and O–H groups in total. The van der Waals surface area contributed by atoms with Crippen LogP contribution in [0.5, 0.6) is 0 Å². The van der Waals surface area contributed by atoms with Gasteiger partial charge in [0, 0.05) is 18.9 Å². The molecule has 10 heavy (non-hydrogen) atoms. The van der Waals surface area contributed by atoms with Gasteiger partial charge in [0.15, 0.2) is 0 Å². The molecule has 0 aromatic heterocycles. The Morgan fingerprint density at radius 3 is 3.00 bits per heavy atom. The summed E-state index contributed by atoms with van der Waals surface area (Å²) in [5, 5.41) is 0. The van der Waals surface area contributed by atoms with Crippen LogP contribution < -0.4 is 0 Å². The molecule has 0 amide bonds. The van der Waals surface area contributed by atoms with Gasteiger partial charge in [-0.15, -0.1) is 0 Å². The van der Waals surface area contributed by atoms with E-state index in [1.165, 1.54) is 30.4 Å². The molecule has 0 aliphatic carbocycles. The molecule has 2 aliphatic heterocycles. The van der Waals surface area contributed by atoms with Gasteiger partial charge in [0.05, 0.1) is 13.6 Å². The Morgan fingerprint density at radius 2 is 2.30 bits per heavy atom. The summed E-state index contributed by atoms with van der Waals surface area (Å²) in [6.07, 6.45) is 9.43. The lowest BCUT2D eigenvalue weighted by Crippen LogP contribution is -2.49. The molecule has 2 heterocycles. The molecule has 0 saturated heterocycles. The maximum absolute atomic E-state index is 2.37. The van der Waals surface area contributed by atoms with E-state index in [4.69, 9.17) is 0 Å². The molecule has 0 spiro atoms. The molecule has 0 fully saturated rings. The third kappa shape index (κ3) is 0.739. The topological polar surface area (TPSA) is 0 Å². The molecule has 1 nitrogen and oxygen atoms in total. The molecule has 0 radical (unpaired) electrons. The van der Waals surface area contributed by atoms with Gasteiger partial charge in [-0.25, -0.2) is 0 Å². The van der Waals surface area contributed by atoms with Gasteiger partial charge in [0.1, 0.15) is 12.2 Å². The molecular weight excluding hydrogens is 122 g/mol. The molecule has 0 saturated carbocycles. The van der Waals surface area contributed by atoms with Gasteiger partial charge in [0.2, 0.25) is 0 Å². The average Bonchev–Trinajstić information content (AvgIpc) is 2.01. The molecule has 0 aromatic carbocycles. The van der Waals surface area contributed by atoms with Gasteiger partial charge < -0.3 is 0 Å². The number of fused-ring (bicyclic) bond motifs is 1. The fourth-order valence-corrected chi connectivity index (χ4v) is 1.75. The van der Waals surface area contributed by atoms with Crippen molar-refractivity contribution in [3.8, 4) is 0 Å². The minimum Gasteiger partial charge on any atom is -0.293 e. The van der Waals surface area contributed by atoms with E-state index < -0.39 is 0 Å². The number of likely N-dealkylation sites (N-methyl/N-ethyl adjacent to an activating group) is 1. The van der Waals surface area contributed by atoms with E-state index >= 15 is 0 Å². The van der Waals surface area contributed by atoms with Crippen LogP contribution in [0.15, 0.2) is 23.9 Å². The summed E-state index contributed by atoms with van der Waals surface area (Å²) < 4.78 is 1.22. The van der Waals surface area contributed by atoms with E-state index in [-0.39, 0.29) is 0 Å². The largest absolute Gasteiger partial charge is 0.293 e. The predicted molar refractivity (Wildman–Crippen MR) is 42.4 cm³/mol. The van der Waals surface area contributed by atoms with Crippen molar-refractivity contribution in [2.24, 2.45) is 0 Å². The molecule has 0 bridgehead atoms. The van der Waals surface area contributed by atoms with Crippen LogP contribution in [0.25, 0.3) is 0 Å². The van der Waals surface area contributed by atoms with Crippen molar-refractivity contribution in [2.45, 2.75) is 12.8 Å². The molecule has 1 heteroatoms. The Labute approximate surface area is 62.2 Å². The van der Waals surface area contributed by atoms with Gasteiger partial charge in [-0.2, -0.15) is 0 Å². The Morgan fingerprint density at radius 1 is 1.40 bits per heavy atom. The number of hydrogen-bond donors (Lipinski definition) is 0. The van der Waals surface area contributed by atoms with E-state index in [0.717, 1.165) is 0 Å². The van der Waals surface area contributed by atoms with E-state index in [2.05, 4.69) is 25.3 Å². The molecule has 0 aromatic rings. The summed E-state index contributed by atoms with van der Waals surface area (Å²) >= 11 is 0. The number of nitrogens with zero attached hydrogens (tertiary/aromatic N) is 1. The van der Waals surface area contributed by atoms with Crippen molar-refractivity contribution in [1.82, 2.24) is 0 Å². The zero-order valence-corrected chi connectivity index (χ0v) is 6.51. The quantitative estimate of drug-likeness (QED) is 0.351. The van der Waals surface area contributed by atoms with Crippen LogP contribution in [0.2, 0.25) is 0 Å². The molecule has 1 unspecified atom stereocenters. The van der Waals surface area contributed by atoms with Crippen molar-refractivity contribution < 1.29 is 4.48 Å². The summed E-state index contributed by atoms with van der Waals surface area (Å²) in [5.74, 6) is 0. The van der Waals surface area contributed by atoms with Crippen molar-refractivity contribution in [1.29, 1.82) is 0 Å². The SMILES string of the molecule is C[N+]12CC=C1CC=CCC2. The van der Waals surface area contributed by atoms with Gasteiger partial charge >= 0.3 is 0 Å². The summed E-state index contributed by atoms with van der Waals surface area (Å²) in [6.45, 7) is 2.57. The third-order valence-electron chi connectivity index (χ3n) is 2.71. The van der Waals surface area contributed by atoms with E-state index in [1.807, 2.05) is 0 Å². The smallest absolute Gasteiger partial charge is 0.114 e. The normalized spacial score (nSPS) is 37.5. The van der Waals surface area contributed by atoms with Crippen molar-refractivity contribution in [3.05, 3.63) is 23.9 Å². The van der Waals surface area contributed by atoms with Crippen LogP contribution in [0, 0.1) is 0 Å². The maximum atomic E-state index is 2.37. The first-order chi connectivity index (χ1) is 4.81. The molecular formula is C9H14N+. The van der Waals surface area contributed by atoms with E-state index in [0.29, 0.717) is 0 Å². The number of quaternary nitrogens is 1. The second kappa shape index (κ2) is 1.96. The van der Waals surface area contributed by atoms with Gasteiger partial charge in [-0.1, -0.05) is 12.2 Å². The van der Waals surface area contributed by atoms with E-state index in [1.54, 1.807) is 5.70 Å². The maximum Gasteiger partial charge on any atom is 0.114 e. The summed E-state index contributed by atoms with van der Waals surface area (Å²) in [6, 6.07) is 0. The standard InChI is InChI=1S/C9H14N/c1-10-7-4-2-3-5-9(10)6-8-10/h2-3,6H,4-5,7-8H2,1H3/q+1. The van der Waals surface area contributed by atoms with Gasteiger partial charge in [-0.3, -0.25) is 4.48 Å². The zero-order chi connectivity index (χ0) is 7.03. The van der Waals surface area contributed by atoms with Gasteiger partial charge in [-0.05, 0) is 0 Å². The Bertz CT molecular complexity index is 203. The second-order valence-electron chi connectivity index (χ2n) is 3.46. The average molecular weight is 136 g/mol. The van der Waals surface area contributed by atoms with Crippen molar-refractivity contribution >= 4 is 0 Å². The fraction of sp³-hybridized carbons (Fsp3) is 0.556. The monoisotopic (exact) mass is 136 g/mol. The third-order valence-corrected chi connectivity index (χ3v) is 2.71. The lowest BCUT2D eigenvalue weighted by molar-refractivity contribution is -0.884. The van der Waals surface area contributed by atoms with Crippen molar-refractivity contribution in [2.75, 3.05) is 20.1 Å². The highest BCUT2D eigenvalue weighted by molar-refractivity contribution is 5.09. The highest BCUT2D eigenvalue weighted by Crippen LogP contribution is 2.29. The summed E-state index contributed by atoms with van der Waals surface area (Å²) in [7, 11) is 2.34. The Balaban J connectivity index is 2.21. The number of allylic oxidation sites excluding steroid dienone is 1. The van der Waals surface area contributed by atoms with Crippen LogP contribution >= 0.6 is 0 Å². The molecule has 2 aliphatic rings. The highest BCUT2D eigenvalue weighted by atomic mass is 15.4. The first-order valence-electron chi connectivity index (χ1n) is 4.00. The van der Waals surface area contributed by atoms with Crippen molar-refractivity contribution in [3.63, 3.8) is 0 Å². The summed E-state index contributed by atoms with van der Waals surface area (Å²) in [4.78, 5) is 0. The minimum atomic E-state index is 1.19. The first-order valence-corrected chi connectivity index (χ1v) is 4.00. The van der Waals surface area contributed by atoms with Crippen LogP contribution in [0.1, 0.15) is 12.8 Å². The Hall–Kier alpha value is -0.560. The van der Waals surface area contributed by atoms with Crippen LogP contribution in [-0.4, -0.2) is 24.6 Å². The number of rotatable bonds is 0. The number of hydrogen-bond acceptors (Lipinski definition) is 0. The molecule has 54 valence electrons. The van der Waals surface area contributed by atoms with Crippen LogP contribution in [-0.2, 0) is 0 Å². The molecule has 2 rings (SSSR count). The predicted octanol–water partition coefficient (Wildman–Crippen LogP) is 1.68. The lowest BCUT2D eigenvalue weighted by atomic mass is 10.1.